The van der Waals surface area contributed by atoms with Crippen LogP contribution in [0.2, 0.25) is 0 Å². The van der Waals surface area contributed by atoms with E-state index in [4.69, 9.17) is 9.84 Å². The minimum Gasteiger partial charge on any atom is -0.481 e. The number of rotatable bonds is 9. The molecule has 5 heteroatoms. The molecule has 0 spiro atoms. The highest BCUT2D eigenvalue weighted by molar-refractivity contribution is 5.84. The smallest absolute Gasteiger partial charge is 0.303 e. The summed E-state index contributed by atoms with van der Waals surface area (Å²) in [7, 11) is 1.54. The molecule has 0 radical (unpaired) electrons. The average Bonchev–Trinajstić information content (AvgIpc) is 2.39. The van der Waals surface area contributed by atoms with Crippen LogP contribution in [0.15, 0.2) is 0 Å². The molecule has 0 aliphatic rings. The molecule has 2 unspecified atom stereocenters. The zero-order valence-electron chi connectivity index (χ0n) is 14.3. The predicted octanol–water partition coefficient (Wildman–Crippen LogP) is 2.83. The predicted molar refractivity (Wildman–Crippen MR) is 83.1 cm³/mol. The lowest BCUT2D eigenvalue weighted by atomic mass is 9.76. The number of carboxylic acid groups (broad SMARTS) is 1. The molecule has 2 N–H and O–H groups in total. The van der Waals surface area contributed by atoms with Crippen molar-refractivity contribution in [1.82, 2.24) is 5.32 Å². The number of carbonyl (C=O) groups excluding carboxylic acids is 1. The Morgan fingerprint density at radius 2 is 1.76 bits per heavy atom. The van der Waals surface area contributed by atoms with Gasteiger partial charge in [-0.25, -0.2) is 0 Å². The summed E-state index contributed by atoms with van der Waals surface area (Å²) >= 11 is 0. The van der Waals surface area contributed by atoms with Gasteiger partial charge in [-0.1, -0.05) is 27.7 Å². The minimum absolute atomic E-state index is 0.0233. The van der Waals surface area contributed by atoms with Gasteiger partial charge in [0.25, 0.3) is 5.91 Å². The maximum Gasteiger partial charge on any atom is 0.303 e. The van der Waals surface area contributed by atoms with Gasteiger partial charge in [0.15, 0.2) is 0 Å². The van der Waals surface area contributed by atoms with E-state index in [2.05, 4.69) is 26.1 Å². The van der Waals surface area contributed by atoms with Gasteiger partial charge in [0.2, 0.25) is 0 Å². The van der Waals surface area contributed by atoms with E-state index in [-0.39, 0.29) is 23.7 Å². The lowest BCUT2D eigenvalue weighted by molar-refractivity contribution is -0.142. The molecule has 0 aromatic heterocycles. The molecule has 5 nitrogen and oxygen atoms in total. The van der Waals surface area contributed by atoms with Crippen molar-refractivity contribution in [2.24, 2.45) is 11.3 Å². The second kappa shape index (κ2) is 8.37. The lowest BCUT2D eigenvalue weighted by Gasteiger charge is -2.31. The number of ether oxygens (including phenoxy) is 1. The molecule has 0 aromatic rings. The third-order valence-electron chi connectivity index (χ3n) is 4.32. The van der Waals surface area contributed by atoms with Crippen molar-refractivity contribution in [2.75, 3.05) is 13.7 Å². The highest BCUT2D eigenvalue weighted by Crippen LogP contribution is 2.32. The van der Waals surface area contributed by atoms with E-state index in [0.717, 1.165) is 6.42 Å². The SMILES string of the molecule is CCC(C)(OC)C(=O)NCCC(CCC(=O)O)C(C)(C)C. The first-order valence-electron chi connectivity index (χ1n) is 7.62. The second-order valence-corrected chi connectivity index (χ2v) is 6.83. The quantitative estimate of drug-likeness (QED) is 0.686. The number of carboxylic acids is 1. The minimum atomic E-state index is -0.793. The van der Waals surface area contributed by atoms with Crippen molar-refractivity contribution < 1.29 is 19.4 Å². The zero-order chi connectivity index (χ0) is 16.7. The molecule has 0 aliphatic heterocycles. The summed E-state index contributed by atoms with van der Waals surface area (Å²) in [5.41, 5.74) is -0.770. The molecule has 0 aliphatic carbocycles. The third-order valence-corrected chi connectivity index (χ3v) is 4.32. The molecule has 124 valence electrons. The van der Waals surface area contributed by atoms with Gasteiger partial charge in [0.1, 0.15) is 5.60 Å². The number of carbonyl (C=O) groups is 2. The largest absolute Gasteiger partial charge is 0.481 e. The Kier molecular flexibility index (Phi) is 7.93. The Hall–Kier alpha value is -1.10. The Labute approximate surface area is 128 Å². The summed E-state index contributed by atoms with van der Waals surface area (Å²) in [5, 5.41) is 11.7. The van der Waals surface area contributed by atoms with Gasteiger partial charge in [-0.05, 0) is 37.5 Å². The lowest BCUT2D eigenvalue weighted by Crippen LogP contribution is -2.46. The van der Waals surface area contributed by atoms with Crippen molar-refractivity contribution >= 4 is 11.9 Å². The van der Waals surface area contributed by atoms with E-state index in [1.165, 1.54) is 7.11 Å². The maximum absolute atomic E-state index is 12.1. The number of hydrogen-bond acceptors (Lipinski definition) is 3. The van der Waals surface area contributed by atoms with Gasteiger partial charge in [-0.15, -0.1) is 0 Å². The third kappa shape index (κ3) is 6.93. The standard InChI is InChI=1S/C16H31NO4/c1-7-16(5,21-6)14(20)17-11-10-12(15(2,3)4)8-9-13(18)19/h12H,7-11H2,1-6H3,(H,17,20)(H,18,19). The summed E-state index contributed by atoms with van der Waals surface area (Å²) in [6, 6.07) is 0. The van der Waals surface area contributed by atoms with Crippen LogP contribution in [0.1, 0.15) is 60.3 Å². The first-order valence-corrected chi connectivity index (χ1v) is 7.62. The monoisotopic (exact) mass is 301 g/mol. The van der Waals surface area contributed by atoms with E-state index < -0.39 is 11.6 Å². The molecule has 21 heavy (non-hydrogen) atoms. The normalized spacial score (nSPS) is 16.1. The van der Waals surface area contributed by atoms with Crippen LogP contribution in [0.4, 0.5) is 0 Å². The van der Waals surface area contributed by atoms with E-state index >= 15 is 0 Å². The Morgan fingerprint density at radius 1 is 1.19 bits per heavy atom. The van der Waals surface area contributed by atoms with Crippen molar-refractivity contribution in [3.63, 3.8) is 0 Å². The van der Waals surface area contributed by atoms with Crippen LogP contribution >= 0.6 is 0 Å². The molecule has 0 fully saturated rings. The first kappa shape index (κ1) is 19.9. The van der Waals surface area contributed by atoms with E-state index in [1.807, 2.05) is 6.92 Å². The maximum atomic E-state index is 12.1. The van der Waals surface area contributed by atoms with Gasteiger partial charge in [-0.2, -0.15) is 0 Å². The number of methoxy groups -OCH3 is 1. The van der Waals surface area contributed by atoms with Crippen molar-refractivity contribution in [1.29, 1.82) is 0 Å². The summed E-state index contributed by atoms with van der Waals surface area (Å²) in [6.07, 6.45) is 2.17. The van der Waals surface area contributed by atoms with E-state index in [0.29, 0.717) is 19.4 Å². The number of aliphatic carboxylic acids is 1. The fourth-order valence-electron chi connectivity index (χ4n) is 2.25. The van der Waals surface area contributed by atoms with Crippen molar-refractivity contribution in [3.05, 3.63) is 0 Å². The Morgan fingerprint density at radius 3 is 2.14 bits per heavy atom. The fourth-order valence-corrected chi connectivity index (χ4v) is 2.25. The molecule has 0 saturated carbocycles. The van der Waals surface area contributed by atoms with E-state index in [9.17, 15) is 9.59 Å². The summed E-state index contributed by atoms with van der Waals surface area (Å²) in [6.45, 7) is 10.5. The summed E-state index contributed by atoms with van der Waals surface area (Å²) in [5.74, 6) is -0.631. The van der Waals surface area contributed by atoms with Gasteiger partial charge in [0, 0.05) is 20.1 Å². The highest BCUT2D eigenvalue weighted by Gasteiger charge is 2.31. The van der Waals surface area contributed by atoms with Crippen LogP contribution in [0.5, 0.6) is 0 Å². The van der Waals surface area contributed by atoms with Gasteiger partial charge < -0.3 is 15.2 Å². The Balaban J connectivity index is 4.44. The van der Waals surface area contributed by atoms with Crippen LogP contribution in [0, 0.1) is 11.3 Å². The van der Waals surface area contributed by atoms with Gasteiger partial charge >= 0.3 is 5.97 Å². The molecule has 0 heterocycles. The topological polar surface area (TPSA) is 75.6 Å². The van der Waals surface area contributed by atoms with E-state index in [1.54, 1.807) is 6.92 Å². The molecule has 0 saturated heterocycles. The average molecular weight is 301 g/mol. The van der Waals surface area contributed by atoms with Crippen LogP contribution in [0.25, 0.3) is 0 Å². The molecular weight excluding hydrogens is 270 g/mol. The van der Waals surface area contributed by atoms with Gasteiger partial charge in [-0.3, -0.25) is 9.59 Å². The molecule has 0 bridgehead atoms. The van der Waals surface area contributed by atoms with Crippen LogP contribution < -0.4 is 5.32 Å². The molecule has 0 aromatic carbocycles. The summed E-state index contributed by atoms with van der Waals surface area (Å²) < 4.78 is 5.26. The number of nitrogens with one attached hydrogen (secondary N) is 1. The molecule has 0 rings (SSSR count). The summed E-state index contributed by atoms with van der Waals surface area (Å²) in [4.78, 5) is 22.8. The fraction of sp³-hybridized carbons (Fsp3) is 0.875. The molecule has 2 atom stereocenters. The zero-order valence-corrected chi connectivity index (χ0v) is 14.3. The van der Waals surface area contributed by atoms with Crippen LogP contribution in [-0.2, 0) is 14.3 Å². The van der Waals surface area contributed by atoms with Crippen molar-refractivity contribution in [3.8, 4) is 0 Å². The molecule has 1 amide bonds. The highest BCUT2D eigenvalue weighted by atomic mass is 16.5. The molecular formula is C16H31NO4. The number of hydrogen-bond donors (Lipinski definition) is 2. The van der Waals surface area contributed by atoms with Crippen molar-refractivity contribution in [2.45, 2.75) is 65.9 Å². The second-order valence-electron chi connectivity index (χ2n) is 6.83. The van der Waals surface area contributed by atoms with Crippen LogP contribution in [-0.4, -0.2) is 36.2 Å². The van der Waals surface area contributed by atoms with Crippen LogP contribution in [0.3, 0.4) is 0 Å². The Bertz CT molecular complexity index is 343. The number of amides is 1. The first-order chi connectivity index (χ1) is 9.56. The van der Waals surface area contributed by atoms with Gasteiger partial charge in [0.05, 0.1) is 0 Å².